The number of ether oxygens (including phenoxy) is 2. The van der Waals surface area contributed by atoms with Crippen LogP contribution in [0.5, 0.6) is 0 Å². The smallest absolute Gasteiger partial charge is 0.338 e. The Bertz CT molecular complexity index is 1430. The van der Waals surface area contributed by atoms with Gasteiger partial charge in [0.05, 0.1) is 34.5 Å². The highest BCUT2D eigenvalue weighted by Gasteiger charge is 2.33. The Hall–Kier alpha value is -3.56. The summed E-state index contributed by atoms with van der Waals surface area (Å²) in [6.07, 6.45) is 3.30. The zero-order valence-corrected chi connectivity index (χ0v) is 19.6. The molecule has 168 valence electrons. The van der Waals surface area contributed by atoms with Gasteiger partial charge in [-0.3, -0.25) is 9.36 Å². The number of fused-ring (bicyclic) bond motifs is 1. The van der Waals surface area contributed by atoms with Gasteiger partial charge in [-0.2, -0.15) is 0 Å². The number of benzene rings is 1. The van der Waals surface area contributed by atoms with Crippen LogP contribution >= 0.6 is 22.7 Å². The molecule has 3 aromatic rings. The fourth-order valence-corrected chi connectivity index (χ4v) is 5.30. The fourth-order valence-electron chi connectivity index (χ4n) is 3.53. The van der Waals surface area contributed by atoms with Crippen molar-refractivity contribution < 1.29 is 19.1 Å². The molecule has 33 heavy (non-hydrogen) atoms. The Labute approximate surface area is 197 Å². The largest absolute Gasteiger partial charge is 0.465 e. The van der Waals surface area contributed by atoms with Crippen molar-refractivity contribution in [1.82, 2.24) is 4.57 Å². The maximum absolute atomic E-state index is 13.5. The zero-order valence-electron chi connectivity index (χ0n) is 17.9. The second kappa shape index (κ2) is 9.51. The van der Waals surface area contributed by atoms with E-state index in [9.17, 15) is 14.4 Å². The molecule has 7 nitrogen and oxygen atoms in total. The molecule has 2 aromatic heterocycles. The number of allylic oxidation sites excluding steroid dienone is 1. The standard InChI is InChI=1S/C24H20N2O5S2/c1-4-11-31-23(29)19-14(2)25-24-26(21(27)18(33-24)13-17-6-5-12-32-17)20(19)15-7-9-16(10-8-15)22(28)30-3/h4-10,12-13,20H,1,11H2,2-3H3. The van der Waals surface area contributed by atoms with Crippen molar-refractivity contribution in [3.05, 3.63) is 101 Å². The highest BCUT2D eigenvalue weighted by Crippen LogP contribution is 2.31. The van der Waals surface area contributed by atoms with E-state index in [1.54, 1.807) is 31.2 Å². The summed E-state index contributed by atoms with van der Waals surface area (Å²) in [5, 5.41) is 1.94. The highest BCUT2D eigenvalue weighted by molar-refractivity contribution is 7.11. The van der Waals surface area contributed by atoms with E-state index < -0.39 is 18.0 Å². The predicted octanol–water partition coefficient (Wildman–Crippen LogP) is 2.81. The molecule has 1 aliphatic heterocycles. The Morgan fingerprint density at radius 3 is 2.61 bits per heavy atom. The van der Waals surface area contributed by atoms with Gasteiger partial charge in [0.15, 0.2) is 4.80 Å². The van der Waals surface area contributed by atoms with Gasteiger partial charge in [0.25, 0.3) is 5.56 Å². The molecule has 0 saturated heterocycles. The monoisotopic (exact) mass is 480 g/mol. The van der Waals surface area contributed by atoms with E-state index in [0.29, 0.717) is 26.2 Å². The Balaban J connectivity index is 1.91. The van der Waals surface area contributed by atoms with Gasteiger partial charge in [0.2, 0.25) is 0 Å². The summed E-state index contributed by atoms with van der Waals surface area (Å²) in [6.45, 7) is 5.33. The van der Waals surface area contributed by atoms with Crippen LogP contribution < -0.4 is 14.9 Å². The first-order valence-corrected chi connectivity index (χ1v) is 11.7. The van der Waals surface area contributed by atoms with Crippen LogP contribution in [-0.4, -0.2) is 30.2 Å². The average molecular weight is 481 g/mol. The van der Waals surface area contributed by atoms with Crippen LogP contribution in [0.25, 0.3) is 6.08 Å². The van der Waals surface area contributed by atoms with Crippen molar-refractivity contribution in [2.75, 3.05) is 13.7 Å². The summed E-state index contributed by atoms with van der Waals surface area (Å²) < 4.78 is 12.1. The number of aromatic nitrogens is 1. The Morgan fingerprint density at radius 1 is 1.21 bits per heavy atom. The third-order valence-corrected chi connectivity index (χ3v) is 6.84. The Morgan fingerprint density at radius 2 is 1.97 bits per heavy atom. The molecule has 0 N–H and O–H groups in total. The number of thiazole rings is 1. The summed E-state index contributed by atoms with van der Waals surface area (Å²) in [4.78, 5) is 44.3. The Kier molecular flexibility index (Phi) is 6.52. The van der Waals surface area contributed by atoms with E-state index >= 15 is 0 Å². The minimum atomic E-state index is -0.754. The van der Waals surface area contributed by atoms with Crippen molar-refractivity contribution >= 4 is 40.7 Å². The van der Waals surface area contributed by atoms with Crippen molar-refractivity contribution in [2.45, 2.75) is 13.0 Å². The predicted molar refractivity (Wildman–Crippen MR) is 127 cm³/mol. The first-order chi connectivity index (χ1) is 15.9. The average Bonchev–Trinajstić information content (AvgIpc) is 3.44. The summed E-state index contributed by atoms with van der Waals surface area (Å²) in [5.74, 6) is -1.05. The van der Waals surface area contributed by atoms with Gasteiger partial charge in [0, 0.05) is 4.88 Å². The maximum atomic E-state index is 13.5. The van der Waals surface area contributed by atoms with Gasteiger partial charge in [0.1, 0.15) is 6.61 Å². The molecule has 1 aliphatic rings. The van der Waals surface area contributed by atoms with Crippen LogP contribution in [0, 0.1) is 0 Å². The van der Waals surface area contributed by atoms with Crippen LogP contribution in [0.3, 0.4) is 0 Å². The summed E-state index contributed by atoms with van der Waals surface area (Å²) in [5.41, 5.74) is 1.48. The van der Waals surface area contributed by atoms with Crippen molar-refractivity contribution in [2.24, 2.45) is 4.99 Å². The number of carbonyl (C=O) groups excluding carboxylic acids is 2. The van der Waals surface area contributed by atoms with Crippen molar-refractivity contribution in [1.29, 1.82) is 0 Å². The number of hydrogen-bond donors (Lipinski definition) is 0. The second-order valence-corrected chi connectivity index (χ2v) is 9.09. The molecule has 0 fully saturated rings. The molecule has 1 unspecified atom stereocenters. The number of rotatable bonds is 6. The van der Waals surface area contributed by atoms with E-state index in [-0.39, 0.29) is 17.7 Å². The molecule has 0 saturated carbocycles. The van der Waals surface area contributed by atoms with Gasteiger partial charge in [-0.05, 0) is 42.1 Å². The summed E-state index contributed by atoms with van der Waals surface area (Å²) >= 11 is 2.79. The molecule has 1 atom stereocenters. The molecule has 9 heteroatoms. The van der Waals surface area contributed by atoms with E-state index in [0.717, 1.165) is 4.88 Å². The molecule has 0 spiro atoms. The number of thiophene rings is 1. The van der Waals surface area contributed by atoms with E-state index in [2.05, 4.69) is 11.6 Å². The van der Waals surface area contributed by atoms with E-state index in [1.165, 1.54) is 40.4 Å². The van der Waals surface area contributed by atoms with Crippen molar-refractivity contribution in [3.63, 3.8) is 0 Å². The fraction of sp³-hybridized carbons (Fsp3) is 0.167. The molecule has 4 rings (SSSR count). The van der Waals surface area contributed by atoms with Gasteiger partial charge >= 0.3 is 11.9 Å². The molecule has 0 aliphatic carbocycles. The van der Waals surface area contributed by atoms with E-state index in [1.807, 2.05) is 23.6 Å². The van der Waals surface area contributed by atoms with Crippen LogP contribution in [0.2, 0.25) is 0 Å². The van der Waals surface area contributed by atoms with Crippen LogP contribution in [0.4, 0.5) is 0 Å². The number of esters is 2. The third kappa shape index (κ3) is 4.37. The first-order valence-electron chi connectivity index (χ1n) is 9.97. The lowest BCUT2D eigenvalue weighted by atomic mass is 9.95. The van der Waals surface area contributed by atoms with Gasteiger partial charge < -0.3 is 9.47 Å². The summed E-state index contributed by atoms with van der Waals surface area (Å²) in [7, 11) is 1.31. The lowest BCUT2D eigenvalue weighted by Gasteiger charge is -2.24. The molecular weight excluding hydrogens is 460 g/mol. The number of methoxy groups -OCH3 is 1. The minimum Gasteiger partial charge on any atom is -0.465 e. The maximum Gasteiger partial charge on any atom is 0.338 e. The molecule has 0 radical (unpaired) electrons. The van der Waals surface area contributed by atoms with Crippen LogP contribution in [0.1, 0.15) is 33.8 Å². The molecule has 0 bridgehead atoms. The normalized spacial score (nSPS) is 15.6. The minimum absolute atomic E-state index is 0.0341. The third-order valence-electron chi connectivity index (χ3n) is 5.04. The molecular formula is C24H20N2O5S2. The number of nitrogens with zero attached hydrogens (tertiary/aromatic N) is 2. The first kappa shape index (κ1) is 22.6. The number of hydrogen-bond acceptors (Lipinski definition) is 8. The molecule has 1 aromatic carbocycles. The number of carbonyl (C=O) groups is 2. The molecule has 3 heterocycles. The van der Waals surface area contributed by atoms with Crippen molar-refractivity contribution in [3.8, 4) is 0 Å². The molecule has 0 amide bonds. The second-order valence-electron chi connectivity index (χ2n) is 7.10. The quantitative estimate of drug-likeness (QED) is 0.400. The lowest BCUT2D eigenvalue weighted by molar-refractivity contribution is -0.138. The van der Waals surface area contributed by atoms with Gasteiger partial charge in [-0.15, -0.1) is 11.3 Å². The van der Waals surface area contributed by atoms with Gasteiger partial charge in [-0.1, -0.05) is 42.2 Å². The topological polar surface area (TPSA) is 87.0 Å². The van der Waals surface area contributed by atoms with Crippen LogP contribution in [-0.2, 0) is 14.3 Å². The lowest BCUT2D eigenvalue weighted by Crippen LogP contribution is -2.39. The van der Waals surface area contributed by atoms with Gasteiger partial charge in [-0.25, -0.2) is 14.6 Å². The van der Waals surface area contributed by atoms with Crippen LogP contribution in [0.15, 0.2) is 75.5 Å². The SMILES string of the molecule is C=CCOC(=O)C1=C(C)N=c2sc(=Cc3cccs3)c(=O)n2C1c1ccc(C(=O)OC)cc1. The zero-order chi connectivity index (χ0) is 23.5. The summed E-state index contributed by atoms with van der Waals surface area (Å²) in [6, 6.07) is 9.69. The highest BCUT2D eigenvalue weighted by atomic mass is 32.1. The van der Waals surface area contributed by atoms with E-state index in [4.69, 9.17) is 9.47 Å².